The minimum Gasteiger partial charge on any atom is -0.325 e. The van der Waals surface area contributed by atoms with Crippen LogP contribution in [0.1, 0.15) is 24.7 Å². The van der Waals surface area contributed by atoms with Crippen LogP contribution in [-0.2, 0) is 31.5 Å². The Morgan fingerprint density at radius 2 is 1.81 bits per heavy atom. The van der Waals surface area contributed by atoms with Crippen molar-refractivity contribution in [3.8, 4) is 0 Å². The molecular weight excluding hydrogens is 447 g/mol. The number of aryl methyl sites for hydroxylation is 2. The van der Waals surface area contributed by atoms with Gasteiger partial charge in [0.1, 0.15) is 16.2 Å². The normalized spacial score (nSPS) is 11.7. The summed E-state index contributed by atoms with van der Waals surface area (Å²) in [5.41, 5.74) is -2.34. The van der Waals surface area contributed by atoms with Crippen molar-refractivity contribution >= 4 is 34.4 Å². The molecule has 2 heterocycles. The molecule has 0 saturated carbocycles. The smallest absolute Gasteiger partial charge is 0.325 e. The SMILES string of the molecule is CCCc1nc(SCC(=O)Nc2ccccc2C(F)(F)F)c2c(=O)n(C)c(=O)n(C)c2n1. The van der Waals surface area contributed by atoms with E-state index in [9.17, 15) is 27.6 Å². The lowest BCUT2D eigenvalue weighted by molar-refractivity contribution is -0.137. The van der Waals surface area contributed by atoms with E-state index in [4.69, 9.17) is 0 Å². The highest BCUT2D eigenvalue weighted by molar-refractivity contribution is 8.00. The largest absolute Gasteiger partial charge is 0.418 e. The summed E-state index contributed by atoms with van der Waals surface area (Å²) < 4.78 is 41.6. The number of rotatable bonds is 6. The summed E-state index contributed by atoms with van der Waals surface area (Å²) in [4.78, 5) is 46.1. The van der Waals surface area contributed by atoms with Gasteiger partial charge in [0.25, 0.3) is 5.56 Å². The van der Waals surface area contributed by atoms with Gasteiger partial charge in [0.05, 0.1) is 17.0 Å². The number of nitrogens with one attached hydrogen (secondary N) is 1. The topological polar surface area (TPSA) is 98.9 Å². The highest BCUT2D eigenvalue weighted by Crippen LogP contribution is 2.34. The highest BCUT2D eigenvalue weighted by Gasteiger charge is 2.33. The number of hydrogen-bond donors (Lipinski definition) is 1. The lowest BCUT2D eigenvalue weighted by Gasteiger charge is -2.14. The molecule has 0 bridgehead atoms. The third-order valence-electron chi connectivity index (χ3n) is 4.63. The summed E-state index contributed by atoms with van der Waals surface area (Å²) in [7, 11) is 2.79. The number of aromatic nitrogens is 4. The van der Waals surface area contributed by atoms with Crippen LogP contribution in [0.25, 0.3) is 11.0 Å². The molecule has 0 fully saturated rings. The second-order valence-corrected chi connectivity index (χ2v) is 7.94. The number of amides is 1. The first-order valence-corrected chi connectivity index (χ1v) is 10.6. The van der Waals surface area contributed by atoms with Gasteiger partial charge in [-0.25, -0.2) is 14.8 Å². The molecule has 0 saturated heterocycles. The molecule has 0 unspecified atom stereocenters. The van der Waals surface area contributed by atoms with Crippen LogP contribution in [0.4, 0.5) is 18.9 Å². The van der Waals surface area contributed by atoms with Gasteiger partial charge in [-0.3, -0.25) is 18.7 Å². The van der Waals surface area contributed by atoms with Gasteiger partial charge in [-0.1, -0.05) is 30.8 Å². The molecule has 3 aromatic rings. The van der Waals surface area contributed by atoms with E-state index in [1.165, 1.54) is 30.8 Å². The van der Waals surface area contributed by atoms with E-state index in [1.807, 2.05) is 6.92 Å². The zero-order valence-electron chi connectivity index (χ0n) is 17.5. The van der Waals surface area contributed by atoms with Crippen molar-refractivity contribution in [2.24, 2.45) is 14.1 Å². The zero-order chi connectivity index (χ0) is 23.6. The van der Waals surface area contributed by atoms with Crippen LogP contribution in [0.2, 0.25) is 0 Å². The van der Waals surface area contributed by atoms with Crippen LogP contribution in [0.5, 0.6) is 0 Å². The van der Waals surface area contributed by atoms with E-state index < -0.39 is 28.9 Å². The average Bonchev–Trinajstić information content (AvgIpc) is 2.74. The van der Waals surface area contributed by atoms with Crippen LogP contribution < -0.4 is 16.6 Å². The number of thioether (sulfide) groups is 1. The van der Waals surface area contributed by atoms with E-state index >= 15 is 0 Å². The first-order chi connectivity index (χ1) is 15.0. The van der Waals surface area contributed by atoms with E-state index in [2.05, 4.69) is 15.3 Å². The standard InChI is InChI=1S/C20H20F3N5O3S/c1-4-7-13-25-16-15(18(30)28(3)19(31)27(16)2)17(26-13)32-10-14(29)24-12-9-6-5-8-11(12)20(21,22)23/h5-6,8-9H,4,7,10H2,1-3H3,(H,24,29). The molecule has 1 aromatic carbocycles. The summed E-state index contributed by atoms with van der Waals surface area (Å²) in [6.07, 6.45) is -3.42. The van der Waals surface area contributed by atoms with Crippen molar-refractivity contribution < 1.29 is 18.0 Å². The minimum atomic E-state index is -4.62. The Morgan fingerprint density at radius 3 is 2.47 bits per heavy atom. The molecule has 0 aliphatic rings. The van der Waals surface area contributed by atoms with Gasteiger partial charge in [-0.2, -0.15) is 13.2 Å². The van der Waals surface area contributed by atoms with Gasteiger partial charge in [0, 0.05) is 20.5 Å². The molecule has 1 amide bonds. The zero-order valence-corrected chi connectivity index (χ0v) is 18.3. The lowest BCUT2D eigenvalue weighted by Crippen LogP contribution is -2.38. The van der Waals surface area contributed by atoms with Gasteiger partial charge in [0.2, 0.25) is 5.91 Å². The molecule has 0 radical (unpaired) electrons. The molecular formula is C20H20F3N5O3S. The van der Waals surface area contributed by atoms with Gasteiger partial charge in [-0.05, 0) is 18.6 Å². The fourth-order valence-corrected chi connectivity index (χ4v) is 3.90. The summed E-state index contributed by atoms with van der Waals surface area (Å²) in [6, 6.07) is 4.66. The third-order valence-corrected chi connectivity index (χ3v) is 5.61. The monoisotopic (exact) mass is 467 g/mol. The molecule has 8 nitrogen and oxygen atoms in total. The maximum absolute atomic E-state index is 13.2. The van der Waals surface area contributed by atoms with Crippen LogP contribution >= 0.6 is 11.8 Å². The van der Waals surface area contributed by atoms with E-state index in [-0.39, 0.29) is 27.5 Å². The van der Waals surface area contributed by atoms with E-state index in [0.717, 1.165) is 28.5 Å². The first kappa shape index (κ1) is 23.5. The third kappa shape index (κ3) is 4.69. The van der Waals surface area contributed by atoms with Gasteiger partial charge in [-0.15, -0.1) is 0 Å². The number of carbonyl (C=O) groups is 1. The lowest BCUT2D eigenvalue weighted by atomic mass is 10.1. The van der Waals surface area contributed by atoms with Gasteiger partial charge >= 0.3 is 11.9 Å². The number of nitrogens with zero attached hydrogens (tertiary/aromatic N) is 4. The van der Waals surface area contributed by atoms with Crippen molar-refractivity contribution in [2.75, 3.05) is 11.1 Å². The molecule has 32 heavy (non-hydrogen) atoms. The van der Waals surface area contributed by atoms with Crippen LogP contribution in [0, 0.1) is 0 Å². The number of fused-ring (bicyclic) bond motifs is 1. The molecule has 2 aromatic heterocycles. The molecule has 12 heteroatoms. The van der Waals surface area contributed by atoms with Crippen LogP contribution in [0.15, 0.2) is 38.9 Å². The number of carbonyl (C=O) groups excluding carboxylic acids is 1. The Hall–Kier alpha value is -3.15. The maximum atomic E-state index is 13.2. The number of hydrogen-bond acceptors (Lipinski definition) is 6. The van der Waals surface area contributed by atoms with E-state index in [1.54, 1.807) is 0 Å². The van der Waals surface area contributed by atoms with Crippen molar-refractivity contribution in [1.29, 1.82) is 0 Å². The molecule has 0 aliphatic carbocycles. The fourth-order valence-electron chi connectivity index (χ4n) is 3.07. The van der Waals surface area contributed by atoms with Crippen LogP contribution in [0.3, 0.4) is 0 Å². The van der Waals surface area contributed by atoms with Crippen molar-refractivity contribution in [3.05, 3.63) is 56.5 Å². The molecule has 0 spiro atoms. The second kappa shape index (κ2) is 9.15. The second-order valence-electron chi connectivity index (χ2n) is 6.98. The molecule has 1 N–H and O–H groups in total. The summed E-state index contributed by atoms with van der Waals surface area (Å²) in [5.74, 6) is -0.596. The Bertz CT molecular complexity index is 1300. The van der Waals surface area contributed by atoms with Crippen molar-refractivity contribution in [1.82, 2.24) is 19.1 Å². The van der Waals surface area contributed by atoms with Gasteiger partial charge < -0.3 is 5.32 Å². The van der Waals surface area contributed by atoms with E-state index in [0.29, 0.717) is 18.7 Å². The quantitative estimate of drug-likeness (QED) is 0.442. The summed E-state index contributed by atoms with van der Waals surface area (Å²) in [5, 5.41) is 2.52. The average molecular weight is 467 g/mol. The molecule has 0 aliphatic heterocycles. The van der Waals surface area contributed by atoms with Crippen molar-refractivity contribution in [2.45, 2.75) is 31.0 Å². The number of anilines is 1. The fraction of sp³-hybridized carbons (Fsp3) is 0.350. The summed E-state index contributed by atoms with van der Waals surface area (Å²) >= 11 is 0.895. The predicted octanol–water partition coefficient (Wildman–Crippen LogP) is 2.73. The number of para-hydroxylation sites is 1. The number of halogens is 3. The Morgan fingerprint density at radius 1 is 1.12 bits per heavy atom. The van der Waals surface area contributed by atoms with Gasteiger partial charge in [0.15, 0.2) is 5.65 Å². The summed E-state index contributed by atoms with van der Waals surface area (Å²) in [6.45, 7) is 1.91. The minimum absolute atomic E-state index is 0.0722. The molecule has 170 valence electrons. The Labute approximate surface area is 184 Å². The molecule has 0 atom stereocenters. The molecule has 3 rings (SSSR count). The van der Waals surface area contributed by atoms with Crippen LogP contribution in [-0.4, -0.2) is 30.8 Å². The first-order valence-electron chi connectivity index (χ1n) is 9.60. The highest BCUT2D eigenvalue weighted by atomic mass is 32.2. The Balaban J connectivity index is 1.95. The Kier molecular flexibility index (Phi) is 6.72. The predicted molar refractivity (Wildman–Crippen MR) is 115 cm³/mol. The number of alkyl halides is 3. The number of benzene rings is 1. The van der Waals surface area contributed by atoms with Crippen molar-refractivity contribution in [3.63, 3.8) is 0 Å². The maximum Gasteiger partial charge on any atom is 0.418 e.